The summed E-state index contributed by atoms with van der Waals surface area (Å²) in [4.78, 5) is 44.8. The van der Waals surface area contributed by atoms with E-state index in [0.29, 0.717) is 30.3 Å². The summed E-state index contributed by atoms with van der Waals surface area (Å²) in [7, 11) is 0. The number of aliphatic hydroxyl groups excluding tert-OH is 1. The molecule has 6 atom stereocenters. The summed E-state index contributed by atoms with van der Waals surface area (Å²) in [6, 6.07) is 5.71. The van der Waals surface area contributed by atoms with Gasteiger partial charge >= 0.3 is 5.97 Å². The van der Waals surface area contributed by atoms with Gasteiger partial charge in [0.2, 0.25) is 5.91 Å². The number of nitrogens with zero attached hydrogens (tertiary/aromatic N) is 2. The molecule has 0 aromatic heterocycles. The van der Waals surface area contributed by atoms with Gasteiger partial charge in [-0.1, -0.05) is 55.0 Å². The summed E-state index contributed by atoms with van der Waals surface area (Å²) in [5, 5.41) is 10.3. The zero-order valence-corrected chi connectivity index (χ0v) is 21.1. The summed E-state index contributed by atoms with van der Waals surface area (Å²) >= 11 is 7.96. The molecular formula is C26H29ClN2O5S. The van der Waals surface area contributed by atoms with Crippen molar-refractivity contribution in [3.63, 3.8) is 0 Å². The third kappa shape index (κ3) is 3.81. The van der Waals surface area contributed by atoms with Crippen LogP contribution in [0.3, 0.4) is 0 Å². The average Bonchev–Trinajstić information content (AvgIpc) is 3.26. The number of fused-ring (bicyclic) bond motifs is 2. The molecule has 2 fully saturated rings. The predicted molar refractivity (Wildman–Crippen MR) is 135 cm³/mol. The van der Waals surface area contributed by atoms with Crippen LogP contribution < -0.4 is 4.90 Å². The maximum Gasteiger partial charge on any atom is 0.311 e. The minimum absolute atomic E-state index is 0.262. The van der Waals surface area contributed by atoms with E-state index in [9.17, 15) is 19.5 Å². The molecule has 1 spiro atoms. The molecule has 186 valence electrons. The number of cyclic esters (lactones) is 1. The minimum Gasteiger partial charge on any atom is -0.465 e. The van der Waals surface area contributed by atoms with Crippen molar-refractivity contribution >= 4 is 46.8 Å². The first-order chi connectivity index (χ1) is 16.9. The fraction of sp³-hybridized carbons (Fsp3) is 0.500. The van der Waals surface area contributed by atoms with Crippen LogP contribution in [0.25, 0.3) is 0 Å². The number of halogens is 1. The van der Waals surface area contributed by atoms with Gasteiger partial charge < -0.3 is 19.6 Å². The quantitative estimate of drug-likeness (QED) is 0.488. The Morgan fingerprint density at radius 3 is 2.77 bits per heavy atom. The summed E-state index contributed by atoms with van der Waals surface area (Å²) in [6.45, 7) is 2.21. The van der Waals surface area contributed by atoms with Crippen LogP contribution in [-0.4, -0.2) is 69.6 Å². The van der Waals surface area contributed by atoms with E-state index in [2.05, 4.69) is 0 Å². The Bertz CT molecular complexity index is 1090. The Labute approximate surface area is 214 Å². The number of thioether (sulfide) groups is 1. The van der Waals surface area contributed by atoms with Crippen LogP contribution in [-0.2, 0) is 19.1 Å². The molecule has 1 aromatic carbocycles. The van der Waals surface area contributed by atoms with Crippen LogP contribution >= 0.6 is 23.4 Å². The monoisotopic (exact) mass is 516 g/mol. The Hall–Kier alpha value is -2.29. The summed E-state index contributed by atoms with van der Waals surface area (Å²) in [5.41, 5.74) is 0.568. The van der Waals surface area contributed by atoms with Crippen molar-refractivity contribution in [3.05, 3.63) is 53.6 Å². The van der Waals surface area contributed by atoms with Gasteiger partial charge in [-0.05, 0) is 31.4 Å². The number of allylic oxidation sites excluding steroid dienone is 1. The van der Waals surface area contributed by atoms with E-state index in [1.165, 1.54) is 11.8 Å². The number of para-hydroxylation sites is 1. The van der Waals surface area contributed by atoms with Gasteiger partial charge in [0.15, 0.2) is 0 Å². The van der Waals surface area contributed by atoms with Crippen molar-refractivity contribution in [2.24, 2.45) is 11.8 Å². The zero-order chi connectivity index (χ0) is 24.7. The highest BCUT2D eigenvalue weighted by Crippen LogP contribution is 2.61. The third-order valence-corrected chi connectivity index (χ3v) is 9.57. The molecule has 2 amide bonds. The maximum atomic E-state index is 14.3. The van der Waals surface area contributed by atoms with Gasteiger partial charge in [-0.3, -0.25) is 14.4 Å². The van der Waals surface area contributed by atoms with Crippen LogP contribution in [0.2, 0.25) is 5.02 Å². The van der Waals surface area contributed by atoms with Gasteiger partial charge in [0.25, 0.3) is 5.91 Å². The number of ether oxygens (including phenoxy) is 1. The summed E-state index contributed by atoms with van der Waals surface area (Å²) < 4.78 is 4.62. The fourth-order valence-electron chi connectivity index (χ4n) is 5.89. The number of amides is 2. The van der Waals surface area contributed by atoms with Crippen molar-refractivity contribution in [1.82, 2.24) is 4.90 Å². The number of likely N-dealkylation sites (tertiary alicyclic amines) is 1. The number of carbonyl (C=O) groups is 3. The van der Waals surface area contributed by atoms with Crippen LogP contribution in [0, 0.1) is 11.8 Å². The first kappa shape index (κ1) is 24.4. The molecule has 4 aliphatic heterocycles. The van der Waals surface area contributed by atoms with E-state index in [-0.39, 0.29) is 23.7 Å². The highest BCUT2D eigenvalue weighted by Gasteiger charge is 2.71. The normalized spacial score (nSPS) is 34.2. The lowest BCUT2D eigenvalue weighted by atomic mass is 9.78. The SMILES string of the molecule is CC[C@@H](CO)N1C(=O)[C@@H]2[C@H]3C(=O)OCCC/C=C\[C@H]3S[C@@]23C=CCN(c2ccccc2Cl)C(=O)C13. The van der Waals surface area contributed by atoms with Gasteiger partial charge in [-0.25, -0.2) is 0 Å². The second-order valence-electron chi connectivity index (χ2n) is 9.37. The van der Waals surface area contributed by atoms with Gasteiger partial charge in [-0.2, -0.15) is 0 Å². The lowest BCUT2D eigenvalue weighted by molar-refractivity contribution is -0.153. The Morgan fingerprint density at radius 1 is 1.23 bits per heavy atom. The fourth-order valence-corrected chi connectivity index (χ4v) is 8.11. The third-order valence-electron chi connectivity index (χ3n) is 7.51. The van der Waals surface area contributed by atoms with Crippen molar-refractivity contribution in [1.29, 1.82) is 0 Å². The number of hydrogen-bond acceptors (Lipinski definition) is 6. The lowest BCUT2D eigenvalue weighted by Crippen LogP contribution is -2.56. The zero-order valence-electron chi connectivity index (χ0n) is 19.5. The van der Waals surface area contributed by atoms with E-state index < -0.39 is 34.6 Å². The van der Waals surface area contributed by atoms with Gasteiger partial charge in [0, 0.05) is 11.8 Å². The van der Waals surface area contributed by atoms with Crippen LogP contribution in [0.1, 0.15) is 26.2 Å². The smallest absolute Gasteiger partial charge is 0.311 e. The molecule has 0 aliphatic carbocycles. The molecule has 7 nitrogen and oxygen atoms in total. The molecule has 9 heteroatoms. The number of hydrogen-bond donors (Lipinski definition) is 1. The largest absolute Gasteiger partial charge is 0.465 e. The molecule has 0 bridgehead atoms. The van der Waals surface area contributed by atoms with Crippen molar-refractivity contribution < 1.29 is 24.2 Å². The van der Waals surface area contributed by atoms with Crippen molar-refractivity contribution in [2.45, 2.75) is 48.3 Å². The Kier molecular flexibility index (Phi) is 6.72. The Morgan fingerprint density at radius 2 is 2.03 bits per heavy atom. The molecule has 0 saturated carbocycles. The van der Waals surface area contributed by atoms with E-state index in [0.717, 1.165) is 12.8 Å². The molecule has 4 aliphatic rings. The number of rotatable bonds is 4. The van der Waals surface area contributed by atoms with Gasteiger partial charge in [-0.15, -0.1) is 11.8 Å². The van der Waals surface area contributed by atoms with Crippen molar-refractivity contribution in [2.75, 3.05) is 24.7 Å². The molecule has 0 radical (unpaired) electrons. The second kappa shape index (κ2) is 9.64. The molecule has 1 aromatic rings. The van der Waals surface area contributed by atoms with Gasteiger partial charge in [0.05, 0.1) is 46.5 Å². The van der Waals surface area contributed by atoms with E-state index >= 15 is 0 Å². The predicted octanol–water partition coefficient (Wildman–Crippen LogP) is 3.20. The molecule has 2 saturated heterocycles. The molecule has 1 unspecified atom stereocenters. The second-order valence-corrected chi connectivity index (χ2v) is 11.3. The van der Waals surface area contributed by atoms with E-state index in [1.807, 2.05) is 37.3 Å². The van der Waals surface area contributed by atoms with Gasteiger partial charge in [0.1, 0.15) is 6.04 Å². The number of esters is 1. The van der Waals surface area contributed by atoms with Crippen LogP contribution in [0.4, 0.5) is 5.69 Å². The number of carbonyl (C=O) groups excluding carboxylic acids is 3. The molecule has 4 heterocycles. The molecule has 1 N–H and O–H groups in total. The first-order valence-electron chi connectivity index (χ1n) is 12.1. The standard InChI is InChI=1S/C26H29ClN2O5S/c1-2-16(15-30)29-22-24(32)28(18-10-6-5-9-17(18)27)13-8-12-26(22)21(23(29)31)20-19(35-26)11-4-3-7-14-34-25(20)33/h4-6,8-12,16,19-22,30H,2-3,7,13-15H2,1H3/b11-4-/t16-,19+,20-,21-,22?,26-/m0/s1. The lowest BCUT2D eigenvalue weighted by Gasteiger charge is -2.38. The highest BCUT2D eigenvalue weighted by molar-refractivity contribution is 8.02. The molecular weight excluding hydrogens is 488 g/mol. The highest BCUT2D eigenvalue weighted by atomic mass is 35.5. The Balaban J connectivity index is 1.66. The maximum absolute atomic E-state index is 14.3. The van der Waals surface area contributed by atoms with Crippen molar-refractivity contribution in [3.8, 4) is 0 Å². The summed E-state index contributed by atoms with van der Waals surface area (Å²) in [6.07, 6.45) is 9.90. The number of aliphatic hydroxyl groups is 1. The minimum atomic E-state index is -0.954. The number of anilines is 1. The van der Waals surface area contributed by atoms with Crippen LogP contribution in [0.15, 0.2) is 48.6 Å². The number of benzene rings is 1. The first-order valence-corrected chi connectivity index (χ1v) is 13.4. The molecule has 5 rings (SSSR count). The topological polar surface area (TPSA) is 87.2 Å². The molecule has 35 heavy (non-hydrogen) atoms. The van der Waals surface area contributed by atoms with E-state index in [1.54, 1.807) is 28.0 Å². The van der Waals surface area contributed by atoms with E-state index in [4.69, 9.17) is 16.3 Å². The summed E-state index contributed by atoms with van der Waals surface area (Å²) in [5.74, 6) is -2.39. The van der Waals surface area contributed by atoms with Crippen LogP contribution in [0.5, 0.6) is 0 Å². The average molecular weight is 517 g/mol.